The molecule has 1 aromatic heterocycles. The van der Waals surface area contributed by atoms with Gasteiger partial charge in [0.1, 0.15) is 23.4 Å². The Morgan fingerprint density at radius 3 is 2.56 bits per heavy atom. The monoisotopic (exact) mass is 396 g/mol. The van der Waals surface area contributed by atoms with Crippen molar-refractivity contribution in [3.05, 3.63) is 75.6 Å². The van der Waals surface area contributed by atoms with Gasteiger partial charge in [0, 0.05) is 16.8 Å². The van der Waals surface area contributed by atoms with Crippen LogP contribution in [0.4, 0.5) is 0 Å². The molecule has 2 aromatic carbocycles. The van der Waals surface area contributed by atoms with Crippen molar-refractivity contribution in [1.82, 2.24) is 9.78 Å². The topological polar surface area (TPSA) is 76.9 Å². The van der Waals surface area contributed by atoms with Crippen LogP contribution in [0.3, 0.4) is 0 Å². The van der Waals surface area contributed by atoms with Crippen LogP contribution in [-0.2, 0) is 6.61 Å². The standard InChI is InChI=1S/C20H17ClN4OS/c1-12-18(11-26-17-7-4-14(5-8-17)20(23)27)13(2)25(24-12)16-6-3-15(10-22)19(21)9-16/h3-9H,11H2,1-2H3,(H2,23,27). The number of hydrogen-bond donors (Lipinski definition) is 1. The fraction of sp³-hybridized carbons (Fsp3) is 0.150. The predicted octanol–water partition coefficient (Wildman–Crippen LogP) is 4.23. The minimum atomic E-state index is 0.357. The molecule has 27 heavy (non-hydrogen) atoms. The van der Waals surface area contributed by atoms with Gasteiger partial charge in [-0.05, 0) is 56.3 Å². The maximum atomic E-state index is 9.02. The van der Waals surface area contributed by atoms with Gasteiger partial charge in [0.15, 0.2) is 0 Å². The highest BCUT2D eigenvalue weighted by atomic mass is 35.5. The van der Waals surface area contributed by atoms with Gasteiger partial charge in [0.25, 0.3) is 0 Å². The van der Waals surface area contributed by atoms with Crippen molar-refractivity contribution in [3.8, 4) is 17.5 Å². The number of halogens is 1. The number of nitriles is 1. The molecule has 0 saturated carbocycles. The van der Waals surface area contributed by atoms with Gasteiger partial charge in [-0.1, -0.05) is 23.8 Å². The number of aromatic nitrogens is 2. The average molecular weight is 397 g/mol. The number of ether oxygens (including phenoxy) is 1. The Balaban J connectivity index is 1.82. The molecule has 5 nitrogen and oxygen atoms in total. The molecule has 7 heteroatoms. The van der Waals surface area contributed by atoms with Gasteiger partial charge in [-0.25, -0.2) is 4.68 Å². The van der Waals surface area contributed by atoms with Crippen LogP contribution in [0.1, 0.15) is 28.1 Å². The minimum absolute atomic E-state index is 0.357. The van der Waals surface area contributed by atoms with E-state index in [0.717, 1.165) is 34.0 Å². The molecule has 0 amide bonds. The maximum Gasteiger partial charge on any atom is 0.119 e. The normalized spacial score (nSPS) is 10.4. The molecule has 136 valence electrons. The lowest BCUT2D eigenvalue weighted by molar-refractivity contribution is 0.304. The van der Waals surface area contributed by atoms with Crippen LogP contribution >= 0.6 is 23.8 Å². The lowest BCUT2D eigenvalue weighted by atomic mass is 10.2. The Morgan fingerprint density at radius 1 is 1.26 bits per heavy atom. The van der Waals surface area contributed by atoms with Crippen LogP contribution in [0, 0.1) is 25.2 Å². The molecule has 0 saturated heterocycles. The summed E-state index contributed by atoms with van der Waals surface area (Å²) in [4.78, 5) is 0.357. The van der Waals surface area contributed by atoms with Crippen LogP contribution in [0.25, 0.3) is 5.69 Å². The van der Waals surface area contributed by atoms with Crippen molar-refractivity contribution in [2.24, 2.45) is 5.73 Å². The molecule has 3 aromatic rings. The van der Waals surface area contributed by atoms with Crippen molar-refractivity contribution in [2.75, 3.05) is 0 Å². The molecular formula is C20H17ClN4OS. The molecule has 0 aliphatic heterocycles. The number of nitrogens with zero attached hydrogens (tertiary/aromatic N) is 3. The van der Waals surface area contributed by atoms with Crippen molar-refractivity contribution >= 4 is 28.8 Å². The summed E-state index contributed by atoms with van der Waals surface area (Å²) in [6.45, 7) is 4.29. The lowest BCUT2D eigenvalue weighted by Gasteiger charge is -2.09. The van der Waals surface area contributed by atoms with E-state index in [0.29, 0.717) is 22.2 Å². The Bertz CT molecular complexity index is 1050. The Kier molecular flexibility index (Phi) is 5.45. The highest BCUT2D eigenvalue weighted by molar-refractivity contribution is 7.80. The maximum absolute atomic E-state index is 9.02. The highest BCUT2D eigenvalue weighted by Gasteiger charge is 2.14. The van der Waals surface area contributed by atoms with Crippen LogP contribution in [0.15, 0.2) is 42.5 Å². The van der Waals surface area contributed by atoms with E-state index >= 15 is 0 Å². The summed E-state index contributed by atoms with van der Waals surface area (Å²) in [5.41, 5.74) is 10.5. The summed E-state index contributed by atoms with van der Waals surface area (Å²) in [6, 6.07) is 14.6. The molecule has 2 N–H and O–H groups in total. The fourth-order valence-corrected chi connectivity index (χ4v) is 3.09. The molecular weight excluding hydrogens is 380 g/mol. The second-order valence-corrected chi connectivity index (χ2v) is 6.86. The van der Waals surface area contributed by atoms with E-state index in [2.05, 4.69) is 11.2 Å². The number of hydrogen-bond acceptors (Lipinski definition) is 4. The second-order valence-electron chi connectivity index (χ2n) is 6.01. The zero-order chi connectivity index (χ0) is 19.6. The van der Waals surface area contributed by atoms with Gasteiger partial charge in [0.2, 0.25) is 0 Å². The summed E-state index contributed by atoms with van der Waals surface area (Å²) in [5.74, 6) is 0.725. The molecule has 0 spiro atoms. The van der Waals surface area contributed by atoms with Gasteiger partial charge in [0.05, 0.1) is 22.0 Å². The Morgan fingerprint density at radius 2 is 1.96 bits per heavy atom. The summed E-state index contributed by atoms with van der Waals surface area (Å²) < 4.78 is 7.69. The molecule has 0 atom stereocenters. The molecule has 0 aliphatic rings. The smallest absolute Gasteiger partial charge is 0.119 e. The van der Waals surface area contributed by atoms with Crippen molar-refractivity contribution < 1.29 is 4.74 Å². The molecule has 1 heterocycles. The number of rotatable bonds is 5. The third-order valence-electron chi connectivity index (χ3n) is 4.28. The van der Waals surface area contributed by atoms with Gasteiger partial charge in [-0.3, -0.25) is 0 Å². The van der Waals surface area contributed by atoms with Crippen LogP contribution < -0.4 is 10.5 Å². The van der Waals surface area contributed by atoms with E-state index < -0.39 is 0 Å². The van der Waals surface area contributed by atoms with E-state index in [-0.39, 0.29) is 0 Å². The highest BCUT2D eigenvalue weighted by Crippen LogP contribution is 2.24. The van der Waals surface area contributed by atoms with Crippen molar-refractivity contribution in [2.45, 2.75) is 20.5 Å². The van der Waals surface area contributed by atoms with Crippen molar-refractivity contribution in [1.29, 1.82) is 5.26 Å². The number of aryl methyl sites for hydroxylation is 1. The molecule has 0 aliphatic carbocycles. The van der Waals surface area contributed by atoms with E-state index in [1.165, 1.54) is 0 Å². The first-order valence-corrected chi connectivity index (χ1v) is 8.97. The van der Waals surface area contributed by atoms with E-state index in [9.17, 15) is 0 Å². The van der Waals surface area contributed by atoms with Crippen molar-refractivity contribution in [3.63, 3.8) is 0 Å². The molecule has 3 rings (SSSR count). The molecule has 0 unspecified atom stereocenters. The zero-order valence-corrected chi connectivity index (χ0v) is 16.4. The first-order chi connectivity index (χ1) is 12.9. The molecule has 0 radical (unpaired) electrons. The van der Waals surface area contributed by atoms with E-state index in [1.807, 2.05) is 44.2 Å². The summed E-state index contributed by atoms with van der Waals surface area (Å²) in [5, 5.41) is 14.0. The number of nitrogens with two attached hydrogens (primary N) is 1. The molecule has 0 bridgehead atoms. The summed E-state index contributed by atoms with van der Waals surface area (Å²) in [7, 11) is 0. The minimum Gasteiger partial charge on any atom is -0.489 e. The second kappa shape index (κ2) is 7.78. The SMILES string of the molecule is Cc1nn(-c2ccc(C#N)c(Cl)c2)c(C)c1COc1ccc(C(N)=S)cc1. The third-order valence-corrected chi connectivity index (χ3v) is 4.83. The zero-order valence-electron chi connectivity index (χ0n) is 14.9. The van der Waals surface area contributed by atoms with Gasteiger partial charge in [-0.2, -0.15) is 10.4 Å². The van der Waals surface area contributed by atoms with Gasteiger partial charge >= 0.3 is 0 Å². The lowest BCUT2D eigenvalue weighted by Crippen LogP contribution is -2.08. The van der Waals surface area contributed by atoms with E-state index in [4.69, 9.17) is 39.6 Å². The molecule has 0 fully saturated rings. The van der Waals surface area contributed by atoms with Crippen LogP contribution in [0.2, 0.25) is 5.02 Å². The Hall–Kier alpha value is -2.88. The average Bonchev–Trinajstić information content (AvgIpc) is 2.94. The van der Waals surface area contributed by atoms with Crippen LogP contribution in [0.5, 0.6) is 5.75 Å². The first-order valence-electron chi connectivity index (χ1n) is 8.18. The van der Waals surface area contributed by atoms with Gasteiger partial charge in [-0.15, -0.1) is 0 Å². The van der Waals surface area contributed by atoms with E-state index in [1.54, 1.807) is 16.8 Å². The van der Waals surface area contributed by atoms with Crippen LogP contribution in [-0.4, -0.2) is 14.8 Å². The number of thiocarbonyl (C=S) groups is 1. The quantitative estimate of drug-likeness (QED) is 0.653. The Labute approximate surface area is 167 Å². The summed E-state index contributed by atoms with van der Waals surface area (Å²) >= 11 is 11.1. The number of benzene rings is 2. The fourth-order valence-electron chi connectivity index (χ4n) is 2.73. The third kappa shape index (κ3) is 3.95. The van der Waals surface area contributed by atoms with Gasteiger partial charge < -0.3 is 10.5 Å². The summed E-state index contributed by atoms with van der Waals surface area (Å²) in [6.07, 6.45) is 0. The predicted molar refractivity (Wildman–Crippen MR) is 109 cm³/mol. The largest absolute Gasteiger partial charge is 0.489 e. The first kappa shape index (κ1) is 18.9.